The van der Waals surface area contributed by atoms with Gasteiger partial charge in [0.2, 0.25) is 29.5 Å². The summed E-state index contributed by atoms with van der Waals surface area (Å²) < 4.78 is 7.98. The van der Waals surface area contributed by atoms with Crippen LogP contribution in [0.2, 0.25) is 0 Å². The first kappa shape index (κ1) is 57.9. The minimum Gasteiger partial charge on any atom is -0.482 e. The van der Waals surface area contributed by atoms with Crippen LogP contribution in [0.5, 0.6) is 5.75 Å². The van der Waals surface area contributed by atoms with E-state index in [-0.39, 0.29) is 85.7 Å². The second-order valence-electron chi connectivity index (χ2n) is 21.3. The van der Waals surface area contributed by atoms with Crippen molar-refractivity contribution >= 4 is 47.1 Å². The summed E-state index contributed by atoms with van der Waals surface area (Å²) in [6, 6.07) is 14.0. The van der Waals surface area contributed by atoms with Crippen LogP contribution in [0.4, 0.5) is 11.6 Å². The number of fused-ring (bicyclic) bond motifs is 5. The molecule has 0 radical (unpaired) electrons. The molecule has 1 saturated heterocycles. The van der Waals surface area contributed by atoms with E-state index in [2.05, 4.69) is 41.5 Å². The number of hydrogen-bond donors (Lipinski definition) is 6. The van der Waals surface area contributed by atoms with Gasteiger partial charge in [0, 0.05) is 61.9 Å². The molecule has 2 bridgehead atoms. The number of rotatable bonds is 21. The molecular weight excluding hydrogens is 965 g/mol. The van der Waals surface area contributed by atoms with Gasteiger partial charge in [-0.2, -0.15) is 4.68 Å². The first-order chi connectivity index (χ1) is 36.2. The summed E-state index contributed by atoms with van der Waals surface area (Å²) in [6.07, 6.45) is 7.36. The molecular formula is C57H78N12O7. The van der Waals surface area contributed by atoms with Crippen molar-refractivity contribution in [2.24, 2.45) is 5.41 Å². The van der Waals surface area contributed by atoms with E-state index in [1.54, 1.807) is 48.9 Å². The number of nitrogen functional groups attached to an aromatic ring is 1. The highest BCUT2D eigenvalue weighted by Gasteiger charge is 2.46. The zero-order valence-electron chi connectivity index (χ0n) is 45.8. The monoisotopic (exact) mass is 1040 g/mol. The van der Waals surface area contributed by atoms with Gasteiger partial charge in [-0.3, -0.25) is 28.8 Å². The Hall–Kier alpha value is -7.33. The molecule has 408 valence electrons. The van der Waals surface area contributed by atoms with Gasteiger partial charge < -0.3 is 51.7 Å². The van der Waals surface area contributed by atoms with Crippen molar-refractivity contribution in [1.29, 1.82) is 0 Å². The number of hydrogen-bond acceptors (Lipinski definition) is 11. The maximum atomic E-state index is 14.4. The lowest BCUT2D eigenvalue weighted by molar-refractivity contribution is -0.144. The zero-order valence-corrected chi connectivity index (χ0v) is 45.8. The standard InChI is InChI=1S/C57H78N12O7/c1-11-43(38-21-17-16-18-22-38)64-54(73)44-31-40(33-68(44)56(75)50(57(5,6)7)65-53(72)36(3)59-8)63-48(71)24-20-15-13-12-14-19-23-47(70)61-27-28-69-45-34-67(10)55(74)41-26-25-35(2)29-42(41)37(4)76-46-30-39(32-62-51(46)58)49(45)52(60-9)66-69/h16-18,21-22,25-26,29-30,32,36-37,40,43-44,50,59H,11-15,19-20,23-24,27-28,31,33-34H2,1-8,10H3,(H2,58,62)(H,61,70)(H,63,71)(H,64,73)(H,65,72)/t36-,37+,40-,43+,44-,50+/m0/s1. The summed E-state index contributed by atoms with van der Waals surface area (Å²) in [6.45, 7) is 21.9. The smallest absolute Gasteiger partial charge is 0.303 e. The topological polar surface area (TPSA) is 239 Å². The number of unbranched alkanes of at least 4 members (excludes halogenated alkanes) is 5. The van der Waals surface area contributed by atoms with Crippen LogP contribution in [0.3, 0.4) is 0 Å². The largest absolute Gasteiger partial charge is 0.482 e. The number of likely N-dealkylation sites (N-methyl/N-ethyl adjacent to an activating group) is 1. The van der Waals surface area contributed by atoms with E-state index in [9.17, 15) is 28.8 Å². The molecule has 2 aliphatic rings. The number of amides is 6. The Morgan fingerprint density at radius 2 is 1.64 bits per heavy atom. The number of nitrogens with one attached hydrogen (secondary N) is 5. The summed E-state index contributed by atoms with van der Waals surface area (Å²) in [5.41, 5.74) is 10.4. The molecule has 6 rings (SSSR count). The van der Waals surface area contributed by atoms with E-state index in [1.807, 2.05) is 84.0 Å². The Morgan fingerprint density at radius 1 is 0.961 bits per heavy atom. The van der Waals surface area contributed by atoms with Gasteiger partial charge in [0.1, 0.15) is 18.2 Å². The molecule has 1 fully saturated rings. The molecule has 0 spiro atoms. The number of aromatic nitrogens is 3. The molecule has 76 heavy (non-hydrogen) atoms. The number of pyridine rings is 1. The van der Waals surface area contributed by atoms with Crippen molar-refractivity contribution in [3.8, 4) is 16.9 Å². The highest BCUT2D eigenvalue weighted by molar-refractivity contribution is 5.96. The van der Waals surface area contributed by atoms with E-state index >= 15 is 0 Å². The average Bonchev–Trinajstić information content (AvgIpc) is 3.99. The van der Waals surface area contributed by atoms with Gasteiger partial charge in [0.25, 0.3) is 5.91 Å². The van der Waals surface area contributed by atoms with Crippen LogP contribution in [0.1, 0.15) is 151 Å². The number of anilines is 1. The molecule has 6 atom stereocenters. The fourth-order valence-electron chi connectivity index (χ4n) is 9.85. The summed E-state index contributed by atoms with van der Waals surface area (Å²) in [5, 5.41) is 19.7. The third kappa shape index (κ3) is 14.7. The minimum atomic E-state index is -0.915. The van der Waals surface area contributed by atoms with E-state index in [4.69, 9.17) is 17.0 Å². The van der Waals surface area contributed by atoms with Crippen molar-refractivity contribution in [2.75, 3.05) is 32.9 Å². The lowest BCUT2D eigenvalue weighted by Crippen LogP contribution is -2.59. The number of aryl methyl sites for hydroxylation is 1. The third-order valence-corrected chi connectivity index (χ3v) is 14.3. The minimum absolute atomic E-state index is 0.105. The Kier molecular flexibility index (Phi) is 20.2. The first-order valence-electron chi connectivity index (χ1n) is 26.7. The molecule has 19 nitrogen and oxygen atoms in total. The predicted molar refractivity (Wildman–Crippen MR) is 292 cm³/mol. The van der Waals surface area contributed by atoms with Gasteiger partial charge in [-0.05, 0) is 87.3 Å². The van der Waals surface area contributed by atoms with Gasteiger partial charge in [-0.1, -0.05) is 108 Å². The predicted octanol–water partition coefficient (Wildman–Crippen LogP) is 6.84. The lowest BCUT2D eigenvalue weighted by Gasteiger charge is -2.36. The lowest BCUT2D eigenvalue weighted by atomic mass is 9.85. The molecule has 19 heteroatoms. The van der Waals surface area contributed by atoms with Crippen LogP contribution in [0, 0.1) is 18.9 Å². The van der Waals surface area contributed by atoms with Crippen molar-refractivity contribution in [1.82, 2.24) is 51.1 Å². The quantitative estimate of drug-likeness (QED) is 0.0373. The number of carbonyl (C=O) groups is 6. The van der Waals surface area contributed by atoms with Crippen LogP contribution in [0.25, 0.3) is 16.0 Å². The normalized spacial score (nSPS) is 17.6. The van der Waals surface area contributed by atoms with Gasteiger partial charge in [-0.15, -0.1) is 0 Å². The Bertz CT molecular complexity index is 2750. The molecule has 4 aromatic rings. The molecule has 0 unspecified atom stereocenters. The second-order valence-corrected chi connectivity index (χ2v) is 21.3. The molecule has 0 aliphatic carbocycles. The summed E-state index contributed by atoms with van der Waals surface area (Å²) in [7, 11) is 3.38. The van der Waals surface area contributed by atoms with Crippen LogP contribution >= 0.6 is 0 Å². The van der Waals surface area contributed by atoms with E-state index in [0.717, 1.165) is 36.8 Å². The van der Waals surface area contributed by atoms with Gasteiger partial charge in [0.15, 0.2) is 11.6 Å². The van der Waals surface area contributed by atoms with Crippen LogP contribution in [0.15, 0.2) is 60.8 Å². The molecule has 7 N–H and O–H groups in total. The van der Waals surface area contributed by atoms with Gasteiger partial charge in [-0.25, -0.2) is 4.98 Å². The van der Waals surface area contributed by atoms with E-state index in [0.29, 0.717) is 65.8 Å². The second kappa shape index (κ2) is 26.4. The maximum absolute atomic E-state index is 14.4. The molecule has 2 aliphatic heterocycles. The van der Waals surface area contributed by atoms with Crippen molar-refractivity contribution < 1.29 is 33.5 Å². The van der Waals surface area contributed by atoms with E-state index in [1.165, 1.54) is 4.90 Å². The van der Waals surface area contributed by atoms with Crippen molar-refractivity contribution in [3.63, 3.8) is 0 Å². The van der Waals surface area contributed by atoms with Gasteiger partial charge in [0.05, 0.1) is 30.9 Å². The van der Waals surface area contributed by atoms with Gasteiger partial charge >= 0.3 is 5.82 Å². The molecule has 0 saturated carbocycles. The number of benzene rings is 2. The molecule has 2 aromatic carbocycles. The molecule has 6 amide bonds. The fraction of sp³-hybridized carbons (Fsp3) is 0.526. The number of carbonyl (C=O) groups excluding carboxylic acids is 6. The number of likely N-dealkylation sites (tertiary alicyclic amines) is 1. The van der Waals surface area contributed by atoms with Crippen molar-refractivity contribution in [3.05, 3.63) is 100 Å². The fourth-order valence-corrected chi connectivity index (χ4v) is 9.85. The highest BCUT2D eigenvalue weighted by Crippen LogP contribution is 2.39. The van der Waals surface area contributed by atoms with Crippen LogP contribution in [-0.4, -0.2) is 111 Å². The summed E-state index contributed by atoms with van der Waals surface area (Å²) in [5.74, 6) is -0.867. The highest BCUT2D eigenvalue weighted by atomic mass is 16.5. The maximum Gasteiger partial charge on any atom is 0.303 e. The van der Waals surface area contributed by atoms with Crippen LogP contribution in [-0.2, 0) is 37.1 Å². The average molecular weight is 1040 g/mol. The Labute approximate surface area is 447 Å². The Morgan fingerprint density at radius 3 is 2.30 bits per heavy atom. The summed E-state index contributed by atoms with van der Waals surface area (Å²) in [4.78, 5) is 93.1. The molecule has 4 heterocycles. The van der Waals surface area contributed by atoms with E-state index < -0.39 is 35.7 Å². The number of nitrogens with two attached hydrogens (primary N) is 1. The first-order valence-corrected chi connectivity index (χ1v) is 26.7. The summed E-state index contributed by atoms with van der Waals surface area (Å²) >= 11 is 0. The zero-order chi connectivity index (χ0) is 55.3. The van der Waals surface area contributed by atoms with Crippen molar-refractivity contribution in [2.45, 2.75) is 162 Å². The van der Waals surface area contributed by atoms with Crippen LogP contribution < -0.4 is 37.1 Å². The SMILES string of the molecule is [C-]#[N+]c1nn(CCNC(=O)CCCCCCCCC(=O)N[C@H]2C[C@@H](C(=O)N[C@H](CC)c3ccccc3)N(C(=O)[C@@H](NC(=O)[C@H](C)NC)C(C)(C)C)C2)c2c1-c1cnc(N)c(c1)O[C@H](C)c1cc(C)ccc1C(=O)N(C)C2. The number of nitrogens with zero attached hydrogens (tertiary/aromatic N) is 6. The molecule has 2 aromatic heterocycles. The number of ether oxygens (including phenoxy) is 1. The Balaban J connectivity index is 0.971. The third-order valence-electron chi connectivity index (χ3n) is 14.3.